The highest BCUT2D eigenvalue weighted by molar-refractivity contribution is 5.99. The third-order valence-corrected chi connectivity index (χ3v) is 4.39. The molecule has 1 N–H and O–H groups in total. The van der Waals surface area contributed by atoms with Gasteiger partial charge in [0.25, 0.3) is 0 Å². The molecule has 26 heavy (non-hydrogen) atoms. The zero-order chi connectivity index (χ0) is 18.1. The fraction of sp³-hybridized carbons (Fsp3) is 0.182. The van der Waals surface area contributed by atoms with E-state index < -0.39 is 0 Å². The van der Waals surface area contributed by atoms with Gasteiger partial charge in [-0.15, -0.1) is 0 Å². The molecule has 2 heterocycles. The summed E-state index contributed by atoms with van der Waals surface area (Å²) in [7, 11) is 0. The van der Waals surface area contributed by atoms with Crippen LogP contribution in [0.25, 0.3) is 33.6 Å². The maximum Gasteiger partial charge on any atom is 0.232 e. The van der Waals surface area contributed by atoms with E-state index in [1.807, 2.05) is 53.1 Å². The highest BCUT2D eigenvalue weighted by Crippen LogP contribution is 2.38. The van der Waals surface area contributed by atoms with Crippen molar-refractivity contribution in [2.24, 2.45) is 5.92 Å². The van der Waals surface area contributed by atoms with Gasteiger partial charge in [0, 0.05) is 17.7 Å². The minimum Gasteiger partial charge on any atom is -0.437 e. The lowest BCUT2D eigenvalue weighted by molar-refractivity contribution is 0.499. The van der Waals surface area contributed by atoms with Crippen LogP contribution in [0.4, 0.5) is 0 Å². The van der Waals surface area contributed by atoms with Crippen LogP contribution in [0.5, 0.6) is 0 Å². The van der Waals surface area contributed by atoms with Crippen LogP contribution in [0.3, 0.4) is 0 Å². The Morgan fingerprint density at radius 3 is 2.19 bits per heavy atom. The Kier molecular flexibility index (Phi) is 4.17. The molecular formula is C22H21N3O. The van der Waals surface area contributed by atoms with Gasteiger partial charge in [0.05, 0.1) is 5.39 Å². The van der Waals surface area contributed by atoms with Crippen LogP contribution >= 0.6 is 0 Å². The van der Waals surface area contributed by atoms with E-state index >= 15 is 0 Å². The molecule has 2 aromatic carbocycles. The number of furan rings is 1. The topological polar surface area (TPSA) is 54.8 Å². The summed E-state index contributed by atoms with van der Waals surface area (Å²) < 4.78 is 8.03. The first-order valence-electron chi connectivity index (χ1n) is 8.82. The number of hydrogen-bond donors (Lipinski definition) is 1. The van der Waals surface area contributed by atoms with Crippen LogP contribution in [-0.4, -0.2) is 9.55 Å². The molecule has 0 bridgehead atoms. The van der Waals surface area contributed by atoms with Crippen molar-refractivity contribution in [1.82, 2.24) is 9.55 Å². The fourth-order valence-electron chi connectivity index (χ4n) is 3.26. The van der Waals surface area contributed by atoms with E-state index in [2.05, 4.69) is 31.0 Å². The molecule has 0 atom stereocenters. The number of nitrogens with zero attached hydrogens (tertiary/aromatic N) is 2. The van der Waals surface area contributed by atoms with Gasteiger partial charge in [-0.2, -0.15) is 0 Å². The molecule has 2 aromatic heterocycles. The second-order valence-corrected chi connectivity index (χ2v) is 6.86. The van der Waals surface area contributed by atoms with Gasteiger partial charge in [-0.3, -0.25) is 5.41 Å². The number of fused-ring (bicyclic) bond motifs is 1. The summed E-state index contributed by atoms with van der Waals surface area (Å²) in [5, 5.41) is 9.52. The van der Waals surface area contributed by atoms with E-state index in [1.165, 1.54) is 0 Å². The van der Waals surface area contributed by atoms with Crippen LogP contribution in [0.1, 0.15) is 13.8 Å². The summed E-state index contributed by atoms with van der Waals surface area (Å²) in [6.07, 6.45) is 1.71. The summed E-state index contributed by atoms with van der Waals surface area (Å²) in [6.45, 7) is 5.03. The van der Waals surface area contributed by atoms with Crippen molar-refractivity contribution in [1.29, 1.82) is 5.41 Å². The summed E-state index contributed by atoms with van der Waals surface area (Å²) in [4.78, 5) is 4.50. The predicted molar refractivity (Wildman–Crippen MR) is 104 cm³/mol. The van der Waals surface area contributed by atoms with E-state index in [4.69, 9.17) is 9.83 Å². The molecular weight excluding hydrogens is 322 g/mol. The van der Waals surface area contributed by atoms with Gasteiger partial charge in [-0.1, -0.05) is 74.5 Å². The average molecular weight is 343 g/mol. The fourth-order valence-corrected chi connectivity index (χ4v) is 3.26. The molecule has 0 amide bonds. The predicted octanol–water partition coefficient (Wildman–Crippen LogP) is 5.10. The van der Waals surface area contributed by atoms with Crippen molar-refractivity contribution in [2.45, 2.75) is 20.4 Å². The Balaban J connectivity index is 2.06. The van der Waals surface area contributed by atoms with E-state index in [1.54, 1.807) is 6.33 Å². The zero-order valence-electron chi connectivity index (χ0n) is 14.9. The number of rotatable bonds is 4. The van der Waals surface area contributed by atoms with E-state index in [-0.39, 0.29) is 0 Å². The Morgan fingerprint density at radius 1 is 0.962 bits per heavy atom. The van der Waals surface area contributed by atoms with Gasteiger partial charge in [0.1, 0.15) is 17.6 Å². The van der Waals surface area contributed by atoms with Crippen LogP contribution < -0.4 is 5.49 Å². The Hall–Kier alpha value is -3.14. The molecule has 0 spiro atoms. The van der Waals surface area contributed by atoms with Crippen molar-refractivity contribution in [3.63, 3.8) is 0 Å². The third kappa shape index (κ3) is 2.84. The lowest BCUT2D eigenvalue weighted by Gasteiger charge is -2.09. The van der Waals surface area contributed by atoms with Gasteiger partial charge in [0.15, 0.2) is 0 Å². The first-order valence-corrected chi connectivity index (χ1v) is 8.82. The van der Waals surface area contributed by atoms with E-state index in [0.29, 0.717) is 17.1 Å². The number of benzene rings is 2. The first-order chi connectivity index (χ1) is 12.6. The minimum atomic E-state index is 0.434. The molecule has 0 saturated carbocycles. The van der Waals surface area contributed by atoms with Crippen molar-refractivity contribution in [2.75, 3.05) is 0 Å². The maximum atomic E-state index is 8.76. The second-order valence-electron chi connectivity index (χ2n) is 6.86. The molecule has 4 nitrogen and oxygen atoms in total. The van der Waals surface area contributed by atoms with Crippen LogP contribution in [-0.2, 0) is 6.54 Å². The third-order valence-electron chi connectivity index (χ3n) is 4.39. The molecule has 0 aliphatic carbocycles. The van der Waals surface area contributed by atoms with Crippen LogP contribution in [0.2, 0.25) is 0 Å². The SMILES string of the molecule is CC(C)Cn1cnc2oc(-c3ccccc3)c(-c3ccccc3)c2c1=N. The van der Waals surface area contributed by atoms with Gasteiger partial charge < -0.3 is 8.98 Å². The molecule has 0 aliphatic rings. The van der Waals surface area contributed by atoms with Gasteiger partial charge in [0.2, 0.25) is 5.71 Å². The Morgan fingerprint density at radius 2 is 1.58 bits per heavy atom. The van der Waals surface area contributed by atoms with Crippen molar-refractivity contribution in [3.8, 4) is 22.5 Å². The summed E-state index contributed by atoms with van der Waals surface area (Å²) in [5.74, 6) is 1.19. The normalized spacial score (nSPS) is 11.3. The van der Waals surface area contributed by atoms with E-state index in [0.717, 1.165) is 34.4 Å². The Labute approximate surface area is 152 Å². The summed E-state index contributed by atoms with van der Waals surface area (Å²) in [6, 6.07) is 20.1. The highest BCUT2D eigenvalue weighted by atomic mass is 16.3. The minimum absolute atomic E-state index is 0.434. The van der Waals surface area contributed by atoms with Crippen LogP contribution in [0.15, 0.2) is 71.4 Å². The highest BCUT2D eigenvalue weighted by Gasteiger charge is 2.20. The summed E-state index contributed by atoms with van der Waals surface area (Å²) >= 11 is 0. The monoisotopic (exact) mass is 343 g/mol. The number of hydrogen-bond acceptors (Lipinski definition) is 3. The Bertz CT molecular complexity index is 1090. The van der Waals surface area contributed by atoms with Gasteiger partial charge in [-0.25, -0.2) is 4.98 Å². The molecule has 0 fully saturated rings. The van der Waals surface area contributed by atoms with Gasteiger partial charge >= 0.3 is 0 Å². The number of aromatic nitrogens is 2. The van der Waals surface area contributed by atoms with Crippen molar-refractivity contribution >= 4 is 11.1 Å². The van der Waals surface area contributed by atoms with E-state index in [9.17, 15) is 0 Å². The zero-order valence-corrected chi connectivity index (χ0v) is 14.9. The molecule has 4 rings (SSSR count). The molecule has 4 heteroatoms. The lowest BCUT2D eigenvalue weighted by atomic mass is 9.99. The maximum absolute atomic E-state index is 8.76. The largest absolute Gasteiger partial charge is 0.437 e. The van der Waals surface area contributed by atoms with Crippen molar-refractivity contribution < 1.29 is 4.42 Å². The second kappa shape index (κ2) is 6.64. The van der Waals surface area contributed by atoms with Crippen molar-refractivity contribution in [3.05, 3.63) is 72.5 Å². The molecule has 0 unspecified atom stereocenters. The lowest BCUT2D eigenvalue weighted by Crippen LogP contribution is -2.22. The number of nitrogens with one attached hydrogen (secondary N) is 1. The first kappa shape index (κ1) is 16.3. The molecule has 130 valence electrons. The summed E-state index contributed by atoms with van der Waals surface area (Å²) in [5.41, 5.74) is 3.89. The molecule has 0 saturated heterocycles. The molecule has 0 radical (unpaired) electrons. The quantitative estimate of drug-likeness (QED) is 0.560. The van der Waals surface area contributed by atoms with Gasteiger partial charge in [-0.05, 0) is 11.5 Å². The standard InChI is InChI=1S/C22H21N3O/c1-15(2)13-25-14-24-22-19(21(25)23)18(16-9-5-3-6-10-16)20(26-22)17-11-7-4-8-12-17/h3-12,14-15,23H,13H2,1-2H3. The smallest absolute Gasteiger partial charge is 0.232 e. The molecule has 0 aliphatic heterocycles. The molecule has 4 aromatic rings. The average Bonchev–Trinajstić information content (AvgIpc) is 3.05. The van der Waals surface area contributed by atoms with Crippen LogP contribution in [0, 0.1) is 11.3 Å².